The molecule has 0 saturated heterocycles. The van der Waals surface area contributed by atoms with E-state index in [1.54, 1.807) is 11.2 Å². The summed E-state index contributed by atoms with van der Waals surface area (Å²) in [6, 6.07) is 3.86. The fourth-order valence-electron chi connectivity index (χ4n) is 1.40. The zero-order chi connectivity index (χ0) is 12.0. The van der Waals surface area contributed by atoms with Crippen molar-refractivity contribution in [2.75, 3.05) is 13.6 Å². The van der Waals surface area contributed by atoms with Crippen molar-refractivity contribution < 1.29 is 9.21 Å². The zero-order valence-corrected chi connectivity index (χ0v) is 9.98. The van der Waals surface area contributed by atoms with Gasteiger partial charge in [0.1, 0.15) is 5.76 Å². The molecule has 0 radical (unpaired) electrons. The van der Waals surface area contributed by atoms with Crippen LogP contribution in [0.4, 0.5) is 0 Å². The van der Waals surface area contributed by atoms with E-state index in [2.05, 4.69) is 0 Å². The van der Waals surface area contributed by atoms with E-state index in [0.29, 0.717) is 19.4 Å². The lowest BCUT2D eigenvalue weighted by Crippen LogP contribution is -2.31. The molecule has 0 fully saturated rings. The number of furan rings is 1. The van der Waals surface area contributed by atoms with Gasteiger partial charge in [0, 0.05) is 32.5 Å². The maximum Gasteiger partial charge on any atom is 0.222 e. The summed E-state index contributed by atoms with van der Waals surface area (Å²) in [7, 11) is 1.81. The summed E-state index contributed by atoms with van der Waals surface area (Å²) in [6.07, 6.45) is 3.61. The molecule has 2 N–H and O–H groups in total. The Labute approximate surface area is 96.4 Å². The van der Waals surface area contributed by atoms with Crippen LogP contribution in [0.2, 0.25) is 0 Å². The first-order chi connectivity index (χ1) is 7.59. The molecule has 16 heavy (non-hydrogen) atoms. The number of carbonyl (C=O) groups is 1. The number of nitrogens with zero attached hydrogens (tertiary/aromatic N) is 1. The molecule has 0 aliphatic heterocycles. The molecule has 1 amide bonds. The maximum atomic E-state index is 11.7. The van der Waals surface area contributed by atoms with Crippen LogP contribution in [0.1, 0.15) is 25.5 Å². The third kappa shape index (κ3) is 4.49. The molecule has 4 heteroatoms. The zero-order valence-electron chi connectivity index (χ0n) is 9.98. The highest BCUT2D eigenvalue weighted by molar-refractivity contribution is 5.76. The van der Waals surface area contributed by atoms with Crippen LogP contribution in [-0.4, -0.2) is 30.4 Å². The number of hydrogen-bond donors (Lipinski definition) is 1. The number of nitrogens with two attached hydrogens (primary N) is 1. The molecule has 0 saturated carbocycles. The van der Waals surface area contributed by atoms with Crippen LogP contribution in [0.3, 0.4) is 0 Å². The second-order valence-electron chi connectivity index (χ2n) is 4.16. The van der Waals surface area contributed by atoms with Gasteiger partial charge in [-0.1, -0.05) is 0 Å². The molecular formula is C12H20N2O2. The maximum absolute atomic E-state index is 11.7. The first-order valence-electron chi connectivity index (χ1n) is 5.61. The van der Waals surface area contributed by atoms with Crippen LogP contribution in [0.25, 0.3) is 0 Å². The first-order valence-corrected chi connectivity index (χ1v) is 5.61. The molecule has 1 aromatic heterocycles. The fraction of sp³-hybridized carbons (Fsp3) is 0.583. The van der Waals surface area contributed by atoms with Gasteiger partial charge in [0.15, 0.2) is 0 Å². The molecule has 1 unspecified atom stereocenters. The molecular weight excluding hydrogens is 204 g/mol. The normalized spacial score (nSPS) is 12.4. The Hall–Kier alpha value is -1.29. The lowest BCUT2D eigenvalue weighted by molar-refractivity contribution is -0.130. The average Bonchev–Trinajstić information content (AvgIpc) is 2.75. The van der Waals surface area contributed by atoms with E-state index in [4.69, 9.17) is 10.2 Å². The Bertz CT molecular complexity index is 307. The Morgan fingerprint density at radius 2 is 2.38 bits per heavy atom. The topological polar surface area (TPSA) is 59.5 Å². The number of aryl methyl sites for hydroxylation is 1. The second kappa shape index (κ2) is 6.33. The van der Waals surface area contributed by atoms with Crippen molar-refractivity contribution in [1.29, 1.82) is 0 Å². The van der Waals surface area contributed by atoms with Crippen LogP contribution < -0.4 is 5.73 Å². The first kappa shape index (κ1) is 12.8. The summed E-state index contributed by atoms with van der Waals surface area (Å²) in [4.78, 5) is 13.4. The van der Waals surface area contributed by atoms with Crippen molar-refractivity contribution in [2.24, 2.45) is 5.73 Å². The molecule has 1 rings (SSSR count). The van der Waals surface area contributed by atoms with Gasteiger partial charge in [0.05, 0.1) is 6.26 Å². The van der Waals surface area contributed by atoms with E-state index in [0.717, 1.165) is 12.2 Å². The van der Waals surface area contributed by atoms with Crippen molar-refractivity contribution in [1.82, 2.24) is 4.90 Å². The molecule has 0 aromatic carbocycles. The van der Waals surface area contributed by atoms with Gasteiger partial charge in [-0.15, -0.1) is 0 Å². The molecule has 1 heterocycles. The van der Waals surface area contributed by atoms with E-state index < -0.39 is 0 Å². The Morgan fingerprint density at radius 1 is 1.62 bits per heavy atom. The molecule has 0 spiro atoms. The lowest BCUT2D eigenvalue weighted by atomic mass is 10.2. The van der Waals surface area contributed by atoms with E-state index in [-0.39, 0.29) is 11.9 Å². The van der Waals surface area contributed by atoms with Crippen LogP contribution in [0, 0.1) is 0 Å². The van der Waals surface area contributed by atoms with Gasteiger partial charge in [0.25, 0.3) is 0 Å². The Kier molecular flexibility index (Phi) is 5.05. The number of rotatable bonds is 6. The lowest BCUT2D eigenvalue weighted by Gasteiger charge is -2.17. The summed E-state index contributed by atoms with van der Waals surface area (Å²) < 4.78 is 5.17. The SMILES string of the molecule is CC(N)CCN(C)C(=O)CCc1ccco1. The molecule has 0 aliphatic rings. The third-order valence-electron chi connectivity index (χ3n) is 2.51. The van der Waals surface area contributed by atoms with Gasteiger partial charge in [-0.3, -0.25) is 4.79 Å². The molecule has 1 aromatic rings. The minimum atomic E-state index is 0.136. The third-order valence-corrected chi connectivity index (χ3v) is 2.51. The highest BCUT2D eigenvalue weighted by atomic mass is 16.3. The average molecular weight is 224 g/mol. The van der Waals surface area contributed by atoms with Crippen LogP contribution in [0.15, 0.2) is 22.8 Å². The van der Waals surface area contributed by atoms with Crippen LogP contribution in [-0.2, 0) is 11.2 Å². The van der Waals surface area contributed by atoms with E-state index in [9.17, 15) is 4.79 Å². The minimum absolute atomic E-state index is 0.136. The quantitative estimate of drug-likeness (QED) is 0.794. The predicted molar refractivity (Wildman–Crippen MR) is 62.9 cm³/mol. The van der Waals surface area contributed by atoms with Crippen molar-refractivity contribution in [2.45, 2.75) is 32.2 Å². The summed E-state index contributed by atoms with van der Waals surface area (Å²) in [5.41, 5.74) is 5.64. The van der Waals surface area contributed by atoms with Gasteiger partial charge < -0.3 is 15.1 Å². The van der Waals surface area contributed by atoms with Crippen molar-refractivity contribution in [3.05, 3.63) is 24.2 Å². The van der Waals surface area contributed by atoms with Crippen molar-refractivity contribution >= 4 is 5.91 Å². The van der Waals surface area contributed by atoms with Crippen LogP contribution in [0.5, 0.6) is 0 Å². The Balaban J connectivity index is 2.23. The van der Waals surface area contributed by atoms with Gasteiger partial charge >= 0.3 is 0 Å². The summed E-state index contributed by atoms with van der Waals surface area (Å²) in [5, 5.41) is 0. The number of amides is 1. The monoisotopic (exact) mass is 224 g/mol. The summed E-state index contributed by atoms with van der Waals surface area (Å²) in [5.74, 6) is 0.992. The summed E-state index contributed by atoms with van der Waals surface area (Å²) in [6.45, 7) is 2.66. The molecule has 90 valence electrons. The van der Waals surface area contributed by atoms with Gasteiger partial charge in [-0.25, -0.2) is 0 Å². The molecule has 4 nitrogen and oxygen atoms in total. The standard InChI is InChI=1S/C12H20N2O2/c1-10(13)7-8-14(2)12(15)6-5-11-4-3-9-16-11/h3-4,9-10H,5-8,13H2,1-2H3. The van der Waals surface area contributed by atoms with E-state index >= 15 is 0 Å². The molecule has 0 aliphatic carbocycles. The minimum Gasteiger partial charge on any atom is -0.469 e. The van der Waals surface area contributed by atoms with Crippen molar-refractivity contribution in [3.63, 3.8) is 0 Å². The molecule has 0 bridgehead atoms. The van der Waals surface area contributed by atoms with Crippen molar-refractivity contribution in [3.8, 4) is 0 Å². The second-order valence-corrected chi connectivity index (χ2v) is 4.16. The highest BCUT2D eigenvalue weighted by Crippen LogP contribution is 2.05. The largest absolute Gasteiger partial charge is 0.469 e. The van der Waals surface area contributed by atoms with E-state index in [1.807, 2.05) is 26.1 Å². The van der Waals surface area contributed by atoms with Gasteiger partial charge in [0.2, 0.25) is 5.91 Å². The van der Waals surface area contributed by atoms with Crippen LogP contribution >= 0.6 is 0 Å². The smallest absolute Gasteiger partial charge is 0.222 e. The number of hydrogen-bond acceptors (Lipinski definition) is 3. The van der Waals surface area contributed by atoms with Gasteiger partial charge in [-0.05, 0) is 25.5 Å². The van der Waals surface area contributed by atoms with E-state index in [1.165, 1.54) is 0 Å². The summed E-state index contributed by atoms with van der Waals surface area (Å²) >= 11 is 0. The number of carbonyl (C=O) groups excluding carboxylic acids is 1. The van der Waals surface area contributed by atoms with Gasteiger partial charge in [-0.2, -0.15) is 0 Å². The Morgan fingerprint density at radius 3 is 2.94 bits per heavy atom. The highest BCUT2D eigenvalue weighted by Gasteiger charge is 2.09. The molecule has 1 atom stereocenters. The fourth-order valence-corrected chi connectivity index (χ4v) is 1.40. The predicted octanol–water partition coefficient (Wildman–Crippen LogP) is 1.41.